The lowest BCUT2D eigenvalue weighted by Crippen LogP contribution is -2.18. The second-order valence-corrected chi connectivity index (χ2v) is 7.30. The fourth-order valence-corrected chi connectivity index (χ4v) is 3.36. The summed E-state index contributed by atoms with van der Waals surface area (Å²) in [4.78, 5) is 22.3. The molecule has 0 aromatic carbocycles. The van der Waals surface area contributed by atoms with Crippen molar-refractivity contribution < 1.29 is 19.8 Å². The number of hydrogen-bond acceptors (Lipinski definition) is 2. The first-order valence-electron chi connectivity index (χ1n) is 9.87. The van der Waals surface area contributed by atoms with Crippen LogP contribution in [0.25, 0.3) is 0 Å². The maximum absolute atomic E-state index is 11.6. The third-order valence-electron chi connectivity index (χ3n) is 4.99. The molecule has 0 aliphatic heterocycles. The van der Waals surface area contributed by atoms with Gasteiger partial charge < -0.3 is 10.2 Å². The molecule has 0 heterocycles. The fourth-order valence-electron chi connectivity index (χ4n) is 3.36. The van der Waals surface area contributed by atoms with Gasteiger partial charge in [-0.25, -0.2) is 0 Å². The first-order valence-corrected chi connectivity index (χ1v) is 9.87. The molecule has 4 heteroatoms. The Kier molecular flexibility index (Phi) is 13.7. The molecular weight excluding hydrogens is 304 g/mol. The van der Waals surface area contributed by atoms with E-state index in [2.05, 4.69) is 13.8 Å². The standard InChI is InChI=1S/C20H38O4/c1-4-6-8-13-17(11-5-2)15-18(20(23)24)14-10-7-9-12-16(3)19(21)22/h16-18H,4-15H2,1-3H3,(H,21,22)(H,23,24). The Labute approximate surface area is 148 Å². The summed E-state index contributed by atoms with van der Waals surface area (Å²) in [6.07, 6.45) is 11.9. The Morgan fingerprint density at radius 3 is 1.92 bits per heavy atom. The second kappa shape index (κ2) is 14.3. The third-order valence-corrected chi connectivity index (χ3v) is 4.99. The Morgan fingerprint density at radius 1 is 0.750 bits per heavy atom. The van der Waals surface area contributed by atoms with Gasteiger partial charge in [-0.3, -0.25) is 9.59 Å². The summed E-state index contributed by atoms with van der Waals surface area (Å²) < 4.78 is 0. The van der Waals surface area contributed by atoms with Gasteiger partial charge in [-0.05, 0) is 25.2 Å². The molecule has 3 unspecified atom stereocenters. The molecule has 0 bridgehead atoms. The first-order chi connectivity index (χ1) is 11.4. The number of carboxylic acid groups (broad SMARTS) is 2. The van der Waals surface area contributed by atoms with Crippen molar-refractivity contribution in [1.82, 2.24) is 0 Å². The fraction of sp³-hybridized carbons (Fsp3) is 0.900. The van der Waals surface area contributed by atoms with E-state index in [-0.39, 0.29) is 11.8 Å². The van der Waals surface area contributed by atoms with E-state index < -0.39 is 11.9 Å². The van der Waals surface area contributed by atoms with Gasteiger partial charge in [0.1, 0.15) is 0 Å². The second-order valence-electron chi connectivity index (χ2n) is 7.30. The molecule has 3 atom stereocenters. The molecule has 0 amide bonds. The maximum Gasteiger partial charge on any atom is 0.306 e. The monoisotopic (exact) mass is 342 g/mol. The zero-order chi connectivity index (χ0) is 18.4. The van der Waals surface area contributed by atoms with Gasteiger partial charge in [0, 0.05) is 0 Å². The van der Waals surface area contributed by atoms with Crippen molar-refractivity contribution in [1.29, 1.82) is 0 Å². The van der Waals surface area contributed by atoms with Crippen LogP contribution in [-0.2, 0) is 9.59 Å². The summed E-state index contributed by atoms with van der Waals surface area (Å²) >= 11 is 0. The highest BCUT2D eigenvalue weighted by Crippen LogP contribution is 2.27. The molecule has 0 radical (unpaired) electrons. The van der Waals surface area contributed by atoms with E-state index in [0.717, 1.165) is 51.4 Å². The van der Waals surface area contributed by atoms with Crippen LogP contribution in [0.1, 0.15) is 97.8 Å². The molecule has 0 aliphatic rings. The van der Waals surface area contributed by atoms with Crippen molar-refractivity contribution in [3.63, 3.8) is 0 Å². The zero-order valence-corrected chi connectivity index (χ0v) is 15.9. The van der Waals surface area contributed by atoms with Gasteiger partial charge in [-0.15, -0.1) is 0 Å². The first kappa shape index (κ1) is 22.9. The van der Waals surface area contributed by atoms with Crippen molar-refractivity contribution in [2.75, 3.05) is 0 Å². The molecule has 0 aromatic rings. The third kappa shape index (κ3) is 11.5. The number of carboxylic acids is 2. The Hall–Kier alpha value is -1.06. The summed E-state index contributed by atoms with van der Waals surface area (Å²) in [6.45, 7) is 6.10. The van der Waals surface area contributed by atoms with Gasteiger partial charge >= 0.3 is 11.9 Å². The highest BCUT2D eigenvalue weighted by atomic mass is 16.4. The normalized spacial score (nSPS) is 15.0. The van der Waals surface area contributed by atoms with Crippen LogP contribution in [0.4, 0.5) is 0 Å². The van der Waals surface area contributed by atoms with Crippen LogP contribution in [0.2, 0.25) is 0 Å². The Balaban J connectivity index is 4.17. The Morgan fingerprint density at radius 2 is 1.38 bits per heavy atom. The van der Waals surface area contributed by atoms with E-state index in [1.165, 1.54) is 19.3 Å². The van der Waals surface area contributed by atoms with E-state index in [9.17, 15) is 14.7 Å². The van der Waals surface area contributed by atoms with E-state index >= 15 is 0 Å². The molecule has 0 aromatic heterocycles. The minimum absolute atomic E-state index is 0.236. The van der Waals surface area contributed by atoms with Gasteiger partial charge in [0.2, 0.25) is 0 Å². The van der Waals surface area contributed by atoms with E-state index in [1.54, 1.807) is 6.92 Å². The SMILES string of the molecule is CCCCCC(CCC)CC(CCCCCC(C)C(=O)O)C(=O)O. The van der Waals surface area contributed by atoms with E-state index in [4.69, 9.17) is 5.11 Å². The molecule has 24 heavy (non-hydrogen) atoms. The summed E-state index contributed by atoms with van der Waals surface area (Å²) in [5.41, 5.74) is 0. The lowest BCUT2D eigenvalue weighted by molar-refractivity contribution is -0.143. The summed E-state index contributed by atoms with van der Waals surface area (Å²) in [5.74, 6) is -1.40. The number of rotatable bonds is 16. The van der Waals surface area contributed by atoms with Gasteiger partial charge in [0.05, 0.1) is 11.8 Å². The quantitative estimate of drug-likeness (QED) is 0.350. The van der Waals surface area contributed by atoms with Crippen molar-refractivity contribution in [2.45, 2.75) is 97.8 Å². The largest absolute Gasteiger partial charge is 0.481 e. The van der Waals surface area contributed by atoms with Crippen LogP contribution < -0.4 is 0 Å². The van der Waals surface area contributed by atoms with Crippen LogP contribution in [0.5, 0.6) is 0 Å². The maximum atomic E-state index is 11.6. The van der Waals surface area contributed by atoms with Crippen LogP contribution >= 0.6 is 0 Å². The van der Waals surface area contributed by atoms with Crippen molar-refractivity contribution in [3.8, 4) is 0 Å². The smallest absolute Gasteiger partial charge is 0.306 e. The van der Waals surface area contributed by atoms with E-state index in [1.807, 2.05) is 0 Å². The molecule has 142 valence electrons. The predicted octanol–water partition coefficient (Wildman–Crippen LogP) is 5.75. The van der Waals surface area contributed by atoms with Gasteiger partial charge in [0.25, 0.3) is 0 Å². The summed E-state index contributed by atoms with van der Waals surface area (Å²) in [5, 5.41) is 18.4. The molecule has 0 aliphatic carbocycles. The number of aliphatic carboxylic acids is 2. The van der Waals surface area contributed by atoms with Gasteiger partial charge in [0.15, 0.2) is 0 Å². The highest BCUT2D eigenvalue weighted by Gasteiger charge is 2.21. The van der Waals surface area contributed by atoms with Crippen molar-refractivity contribution in [3.05, 3.63) is 0 Å². The van der Waals surface area contributed by atoms with Crippen LogP contribution in [0.15, 0.2) is 0 Å². The molecule has 0 saturated carbocycles. The highest BCUT2D eigenvalue weighted by molar-refractivity contribution is 5.70. The average Bonchev–Trinajstić information content (AvgIpc) is 2.53. The minimum atomic E-state index is -0.743. The lowest BCUT2D eigenvalue weighted by atomic mass is 9.85. The van der Waals surface area contributed by atoms with Gasteiger partial charge in [-0.1, -0.05) is 78.6 Å². The molecule has 4 nitrogen and oxygen atoms in total. The zero-order valence-electron chi connectivity index (χ0n) is 15.9. The number of carbonyl (C=O) groups is 2. The number of unbranched alkanes of at least 4 members (excludes halogenated alkanes) is 4. The van der Waals surface area contributed by atoms with Crippen LogP contribution in [0.3, 0.4) is 0 Å². The molecular formula is C20H38O4. The molecule has 0 fully saturated rings. The topological polar surface area (TPSA) is 74.6 Å². The van der Waals surface area contributed by atoms with Crippen LogP contribution in [0, 0.1) is 17.8 Å². The van der Waals surface area contributed by atoms with Crippen molar-refractivity contribution >= 4 is 11.9 Å². The van der Waals surface area contributed by atoms with E-state index in [0.29, 0.717) is 12.3 Å². The number of hydrogen-bond donors (Lipinski definition) is 2. The van der Waals surface area contributed by atoms with Crippen molar-refractivity contribution in [2.24, 2.45) is 17.8 Å². The molecule has 2 N–H and O–H groups in total. The molecule has 0 spiro atoms. The average molecular weight is 343 g/mol. The predicted molar refractivity (Wildman–Crippen MR) is 98.2 cm³/mol. The lowest BCUT2D eigenvalue weighted by Gasteiger charge is -2.21. The molecule has 0 saturated heterocycles. The molecule has 0 rings (SSSR count). The van der Waals surface area contributed by atoms with Gasteiger partial charge in [-0.2, -0.15) is 0 Å². The summed E-state index contributed by atoms with van der Waals surface area (Å²) in [7, 11) is 0. The minimum Gasteiger partial charge on any atom is -0.481 e. The Bertz CT molecular complexity index is 341. The van der Waals surface area contributed by atoms with Crippen LogP contribution in [-0.4, -0.2) is 22.2 Å². The summed E-state index contributed by atoms with van der Waals surface area (Å²) in [6, 6.07) is 0.